The number of hydrogen-bond donors (Lipinski definition) is 3. The maximum atomic E-state index is 12.5. The highest BCUT2D eigenvalue weighted by Crippen LogP contribution is 2.39. The first-order chi connectivity index (χ1) is 12.1. The molecule has 7 heteroatoms. The van der Waals surface area contributed by atoms with Gasteiger partial charge in [0.25, 0.3) is 11.5 Å². The van der Waals surface area contributed by atoms with E-state index in [0.29, 0.717) is 19.4 Å². The summed E-state index contributed by atoms with van der Waals surface area (Å²) in [4.78, 5) is 30.0. The SMILES string of the molecule is O=C(N[C@@H](c1ccc2c(c1)CCO2)C1CC(O)C1)c1c[nH]c(=O)cn1. The second kappa shape index (κ2) is 6.33. The van der Waals surface area contributed by atoms with Crippen molar-refractivity contribution in [2.24, 2.45) is 5.92 Å². The number of aliphatic hydroxyl groups is 1. The summed E-state index contributed by atoms with van der Waals surface area (Å²) in [5.41, 5.74) is 1.94. The van der Waals surface area contributed by atoms with E-state index >= 15 is 0 Å². The molecule has 3 N–H and O–H groups in total. The van der Waals surface area contributed by atoms with Gasteiger partial charge in [-0.05, 0) is 42.0 Å². The van der Waals surface area contributed by atoms with Gasteiger partial charge in [-0.15, -0.1) is 0 Å². The zero-order valence-electron chi connectivity index (χ0n) is 13.6. The molecule has 25 heavy (non-hydrogen) atoms. The van der Waals surface area contributed by atoms with Gasteiger partial charge in [0.15, 0.2) is 0 Å². The molecule has 4 rings (SSSR count). The topological polar surface area (TPSA) is 104 Å². The van der Waals surface area contributed by atoms with E-state index in [0.717, 1.165) is 29.5 Å². The number of fused-ring (bicyclic) bond motifs is 1. The van der Waals surface area contributed by atoms with Crippen LogP contribution in [0.3, 0.4) is 0 Å². The summed E-state index contributed by atoms with van der Waals surface area (Å²) in [5.74, 6) is 0.714. The number of ether oxygens (including phenoxy) is 1. The van der Waals surface area contributed by atoms with Crippen LogP contribution in [0.1, 0.15) is 40.5 Å². The minimum Gasteiger partial charge on any atom is -0.493 e. The van der Waals surface area contributed by atoms with Crippen molar-refractivity contribution < 1.29 is 14.6 Å². The average molecular weight is 341 g/mol. The number of benzene rings is 1. The van der Waals surface area contributed by atoms with E-state index in [2.05, 4.69) is 21.4 Å². The second-order valence-electron chi connectivity index (χ2n) is 6.60. The number of carbonyl (C=O) groups excluding carboxylic acids is 1. The molecular formula is C18H19N3O4. The van der Waals surface area contributed by atoms with Gasteiger partial charge in [0.05, 0.1) is 24.9 Å². The van der Waals surface area contributed by atoms with Crippen molar-refractivity contribution in [2.75, 3.05) is 6.61 Å². The Labute approximate surface area is 144 Å². The van der Waals surface area contributed by atoms with E-state index in [1.54, 1.807) is 0 Å². The molecule has 1 aliphatic carbocycles. The molecule has 1 fully saturated rings. The molecule has 2 aliphatic rings. The van der Waals surface area contributed by atoms with Crippen molar-refractivity contribution >= 4 is 5.91 Å². The molecule has 0 saturated heterocycles. The highest BCUT2D eigenvalue weighted by atomic mass is 16.5. The lowest BCUT2D eigenvalue weighted by atomic mass is 9.75. The standard InChI is InChI=1S/C18H19N3O4/c22-13-6-12(7-13)17(11-1-2-15-10(5-11)3-4-25-15)21-18(24)14-8-20-16(23)9-19-14/h1-2,5,8-9,12-13,17,22H,3-4,6-7H2,(H,20,23)(H,21,24)/t12?,13?,17-/m0/s1. The third-order valence-corrected chi connectivity index (χ3v) is 4.88. The number of aromatic amines is 1. The summed E-state index contributed by atoms with van der Waals surface area (Å²) in [5, 5.41) is 12.7. The van der Waals surface area contributed by atoms with Gasteiger partial charge in [-0.2, -0.15) is 0 Å². The van der Waals surface area contributed by atoms with Gasteiger partial charge in [0, 0.05) is 12.6 Å². The number of nitrogens with zero attached hydrogens (tertiary/aromatic N) is 1. The molecule has 7 nitrogen and oxygen atoms in total. The molecular weight excluding hydrogens is 322 g/mol. The van der Waals surface area contributed by atoms with E-state index in [1.165, 1.54) is 6.20 Å². The Morgan fingerprint density at radius 3 is 2.96 bits per heavy atom. The smallest absolute Gasteiger partial charge is 0.271 e. The lowest BCUT2D eigenvalue weighted by Crippen LogP contribution is -2.41. The molecule has 130 valence electrons. The molecule has 1 aromatic carbocycles. The van der Waals surface area contributed by atoms with Crippen molar-refractivity contribution in [1.82, 2.24) is 15.3 Å². The normalized spacial score (nSPS) is 22.4. The van der Waals surface area contributed by atoms with Crippen LogP contribution >= 0.6 is 0 Å². The second-order valence-corrected chi connectivity index (χ2v) is 6.60. The van der Waals surface area contributed by atoms with E-state index < -0.39 is 0 Å². The number of nitrogens with one attached hydrogen (secondary N) is 2. The number of carbonyl (C=O) groups is 1. The number of amides is 1. The third kappa shape index (κ3) is 3.15. The number of hydrogen-bond acceptors (Lipinski definition) is 5. The van der Waals surface area contributed by atoms with Crippen LogP contribution in [-0.4, -0.2) is 33.7 Å². The fraction of sp³-hybridized carbons (Fsp3) is 0.389. The van der Waals surface area contributed by atoms with Gasteiger partial charge in [0.2, 0.25) is 0 Å². The van der Waals surface area contributed by atoms with E-state index in [4.69, 9.17) is 4.74 Å². The Balaban J connectivity index is 1.59. The fourth-order valence-corrected chi connectivity index (χ4v) is 3.46. The van der Waals surface area contributed by atoms with Crippen LogP contribution in [0.4, 0.5) is 0 Å². The summed E-state index contributed by atoms with van der Waals surface area (Å²) >= 11 is 0. The number of aliphatic hydroxyl groups excluding tert-OH is 1. The Morgan fingerprint density at radius 1 is 1.40 bits per heavy atom. The first kappa shape index (κ1) is 15.8. The fourth-order valence-electron chi connectivity index (χ4n) is 3.46. The lowest BCUT2D eigenvalue weighted by Gasteiger charge is -2.38. The molecule has 0 spiro atoms. The summed E-state index contributed by atoms with van der Waals surface area (Å²) in [6.45, 7) is 0.680. The van der Waals surface area contributed by atoms with Crippen LogP contribution in [0, 0.1) is 5.92 Å². The quantitative estimate of drug-likeness (QED) is 0.768. The van der Waals surface area contributed by atoms with Crippen molar-refractivity contribution in [2.45, 2.75) is 31.4 Å². The zero-order chi connectivity index (χ0) is 17.4. The van der Waals surface area contributed by atoms with Gasteiger partial charge < -0.3 is 20.1 Å². The summed E-state index contributed by atoms with van der Waals surface area (Å²) < 4.78 is 5.54. The van der Waals surface area contributed by atoms with Crippen molar-refractivity contribution in [3.63, 3.8) is 0 Å². The van der Waals surface area contributed by atoms with Gasteiger partial charge in [0.1, 0.15) is 11.4 Å². The monoisotopic (exact) mass is 341 g/mol. The molecule has 1 amide bonds. The predicted octanol–water partition coefficient (Wildman–Crippen LogP) is 0.947. The van der Waals surface area contributed by atoms with Crippen LogP contribution in [0.15, 0.2) is 35.4 Å². The molecule has 0 unspecified atom stereocenters. The van der Waals surface area contributed by atoms with E-state index in [-0.39, 0.29) is 35.2 Å². The van der Waals surface area contributed by atoms with Gasteiger partial charge in [-0.3, -0.25) is 9.59 Å². The molecule has 0 bridgehead atoms. The van der Waals surface area contributed by atoms with E-state index in [9.17, 15) is 14.7 Å². The highest BCUT2D eigenvalue weighted by Gasteiger charge is 2.36. The van der Waals surface area contributed by atoms with Crippen LogP contribution in [-0.2, 0) is 6.42 Å². The molecule has 2 aromatic rings. The molecule has 1 atom stereocenters. The van der Waals surface area contributed by atoms with Crippen molar-refractivity contribution in [1.29, 1.82) is 0 Å². The Bertz CT molecular complexity index is 837. The van der Waals surface area contributed by atoms with Crippen LogP contribution in [0.2, 0.25) is 0 Å². The molecule has 1 aromatic heterocycles. The van der Waals surface area contributed by atoms with Crippen molar-refractivity contribution in [3.05, 3.63) is 57.8 Å². The highest BCUT2D eigenvalue weighted by molar-refractivity contribution is 5.92. The maximum absolute atomic E-state index is 12.5. The zero-order valence-corrected chi connectivity index (χ0v) is 13.6. The summed E-state index contributed by atoms with van der Waals surface area (Å²) in [6.07, 6.45) is 4.24. The number of rotatable bonds is 4. The molecule has 2 heterocycles. The van der Waals surface area contributed by atoms with Gasteiger partial charge in [-0.25, -0.2) is 4.98 Å². The number of aromatic nitrogens is 2. The van der Waals surface area contributed by atoms with Crippen LogP contribution < -0.4 is 15.6 Å². The van der Waals surface area contributed by atoms with E-state index in [1.807, 2.05) is 12.1 Å². The molecule has 1 aliphatic heterocycles. The minimum atomic E-state index is -0.353. The summed E-state index contributed by atoms with van der Waals surface area (Å²) in [7, 11) is 0. The van der Waals surface area contributed by atoms with Crippen molar-refractivity contribution in [3.8, 4) is 5.75 Å². The lowest BCUT2D eigenvalue weighted by molar-refractivity contribution is 0.0234. The van der Waals surface area contributed by atoms with Gasteiger partial charge >= 0.3 is 0 Å². The largest absolute Gasteiger partial charge is 0.493 e. The third-order valence-electron chi connectivity index (χ3n) is 4.88. The van der Waals surface area contributed by atoms with Gasteiger partial charge in [-0.1, -0.05) is 6.07 Å². The molecule has 1 saturated carbocycles. The first-order valence-electron chi connectivity index (χ1n) is 8.39. The summed E-state index contributed by atoms with van der Waals surface area (Å²) in [6, 6.07) is 5.75. The molecule has 0 radical (unpaired) electrons. The average Bonchev–Trinajstić information content (AvgIpc) is 3.05. The first-order valence-corrected chi connectivity index (χ1v) is 8.39. The minimum absolute atomic E-state index is 0.161. The van der Waals surface area contributed by atoms with Crippen LogP contribution in [0.25, 0.3) is 0 Å². The Kier molecular flexibility index (Phi) is 4.01. The van der Waals surface area contributed by atoms with Crippen LogP contribution in [0.5, 0.6) is 5.75 Å². The Morgan fingerprint density at radius 2 is 2.24 bits per heavy atom. The maximum Gasteiger partial charge on any atom is 0.271 e. The predicted molar refractivity (Wildman–Crippen MR) is 89.4 cm³/mol. The Hall–Kier alpha value is -2.67. The number of H-pyrrole nitrogens is 1.